The minimum atomic E-state index is -0.160. The van der Waals surface area contributed by atoms with E-state index in [1.54, 1.807) is 0 Å². The monoisotopic (exact) mass is 212 g/mol. The van der Waals surface area contributed by atoms with Gasteiger partial charge in [0, 0.05) is 11.3 Å². The van der Waals surface area contributed by atoms with Crippen molar-refractivity contribution >= 4 is 5.78 Å². The molecule has 0 N–H and O–H groups in total. The van der Waals surface area contributed by atoms with E-state index < -0.39 is 0 Å². The molecule has 0 aromatic carbocycles. The van der Waals surface area contributed by atoms with E-state index in [2.05, 4.69) is 55.4 Å². The van der Waals surface area contributed by atoms with Crippen LogP contribution in [0, 0.1) is 22.7 Å². The van der Waals surface area contributed by atoms with Gasteiger partial charge in [-0.05, 0) is 17.8 Å². The molecule has 0 aliphatic rings. The van der Waals surface area contributed by atoms with Gasteiger partial charge >= 0.3 is 0 Å². The van der Waals surface area contributed by atoms with Gasteiger partial charge in [0.25, 0.3) is 0 Å². The summed E-state index contributed by atoms with van der Waals surface area (Å²) < 4.78 is 0. The topological polar surface area (TPSA) is 17.1 Å². The van der Waals surface area contributed by atoms with Crippen LogP contribution in [0.2, 0.25) is 0 Å². The highest BCUT2D eigenvalue weighted by Crippen LogP contribution is 2.39. The third-order valence-corrected chi connectivity index (χ3v) is 4.26. The Hall–Kier alpha value is -0.330. The normalized spacial score (nSPS) is 18.7. The Labute approximate surface area is 95.6 Å². The van der Waals surface area contributed by atoms with Gasteiger partial charge in [-0.2, -0.15) is 0 Å². The van der Waals surface area contributed by atoms with Crippen LogP contribution in [0.5, 0.6) is 0 Å². The van der Waals surface area contributed by atoms with E-state index in [-0.39, 0.29) is 16.7 Å². The van der Waals surface area contributed by atoms with Crippen molar-refractivity contribution in [2.75, 3.05) is 0 Å². The van der Waals surface area contributed by atoms with E-state index in [1.807, 2.05) is 0 Å². The molecule has 0 aromatic heterocycles. The summed E-state index contributed by atoms with van der Waals surface area (Å²) in [6.45, 7) is 17.0. The lowest BCUT2D eigenvalue weighted by molar-refractivity contribution is -0.137. The number of carbonyl (C=O) groups is 1. The second kappa shape index (κ2) is 4.67. The number of Topliss-reactive ketones (excluding diaryl/α,β-unsaturated/α-hetero) is 1. The number of ketones is 1. The molecule has 0 bridgehead atoms. The molecule has 15 heavy (non-hydrogen) atoms. The van der Waals surface area contributed by atoms with Crippen molar-refractivity contribution in [2.24, 2.45) is 22.7 Å². The summed E-state index contributed by atoms with van der Waals surface area (Å²) in [5.74, 6) is 0.970. The Balaban J connectivity index is 4.98. The lowest BCUT2D eigenvalue weighted by Gasteiger charge is -2.38. The summed E-state index contributed by atoms with van der Waals surface area (Å²) in [4.78, 5) is 12.5. The van der Waals surface area contributed by atoms with Gasteiger partial charge in [-0.15, -0.1) is 0 Å². The van der Waals surface area contributed by atoms with Gasteiger partial charge in [0.05, 0.1) is 0 Å². The lowest BCUT2D eigenvalue weighted by Crippen LogP contribution is -2.40. The van der Waals surface area contributed by atoms with Crippen molar-refractivity contribution < 1.29 is 4.79 Å². The third kappa shape index (κ3) is 3.06. The molecule has 0 rings (SSSR count). The maximum atomic E-state index is 12.5. The summed E-state index contributed by atoms with van der Waals surface area (Å²) >= 11 is 0. The molecule has 0 spiro atoms. The highest BCUT2D eigenvalue weighted by atomic mass is 16.1. The SMILES string of the molecule is CCC(C)(C(=O)C(C)C(C)(C)C)C(C)C. The standard InChI is InChI=1S/C14H28O/c1-9-14(8,10(2)3)12(15)11(4)13(5,6)7/h10-11H,9H2,1-8H3. The van der Waals surface area contributed by atoms with Crippen molar-refractivity contribution in [1.82, 2.24) is 0 Å². The molecular formula is C14H28O. The second-order valence-electron chi connectivity index (χ2n) is 6.38. The van der Waals surface area contributed by atoms with Crippen LogP contribution in [0.3, 0.4) is 0 Å². The van der Waals surface area contributed by atoms with Crippen LogP contribution in [0.4, 0.5) is 0 Å². The molecule has 0 saturated carbocycles. The Morgan fingerprint density at radius 3 is 1.67 bits per heavy atom. The quantitative estimate of drug-likeness (QED) is 0.678. The summed E-state index contributed by atoms with van der Waals surface area (Å²) in [7, 11) is 0. The Morgan fingerprint density at radius 1 is 1.07 bits per heavy atom. The van der Waals surface area contributed by atoms with Crippen molar-refractivity contribution in [3.05, 3.63) is 0 Å². The predicted molar refractivity (Wildman–Crippen MR) is 66.9 cm³/mol. The summed E-state index contributed by atoms with van der Waals surface area (Å²) in [6.07, 6.45) is 0.934. The molecule has 1 nitrogen and oxygen atoms in total. The van der Waals surface area contributed by atoms with Crippen LogP contribution in [-0.4, -0.2) is 5.78 Å². The van der Waals surface area contributed by atoms with Gasteiger partial charge < -0.3 is 0 Å². The van der Waals surface area contributed by atoms with Gasteiger partial charge in [0.15, 0.2) is 0 Å². The molecule has 0 aromatic rings. The van der Waals surface area contributed by atoms with Crippen LogP contribution >= 0.6 is 0 Å². The van der Waals surface area contributed by atoms with Gasteiger partial charge in [-0.25, -0.2) is 0 Å². The number of carbonyl (C=O) groups excluding carboxylic acids is 1. The van der Waals surface area contributed by atoms with Crippen LogP contribution in [0.15, 0.2) is 0 Å². The highest BCUT2D eigenvalue weighted by molar-refractivity contribution is 5.87. The lowest BCUT2D eigenvalue weighted by atomic mass is 9.65. The van der Waals surface area contributed by atoms with Gasteiger partial charge in [-0.3, -0.25) is 4.79 Å². The fourth-order valence-electron chi connectivity index (χ4n) is 1.75. The number of hydrogen-bond acceptors (Lipinski definition) is 1. The molecule has 2 unspecified atom stereocenters. The largest absolute Gasteiger partial charge is 0.299 e. The van der Waals surface area contributed by atoms with E-state index in [1.165, 1.54) is 0 Å². The average Bonchev–Trinajstić information content (AvgIpc) is 2.12. The molecule has 1 heteroatoms. The summed E-state index contributed by atoms with van der Waals surface area (Å²) in [5, 5.41) is 0. The zero-order valence-electron chi connectivity index (χ0n) is 11.8. The molecular weight excluding hydrogens is 184 g/mol. The Kier molecular flexibility index (Phi) is 4.57. The molecule has 0 aliphatic heterocycles. The minimum Gasteiger partial charge on any atom is -0.299 e. The van der Waals surface area contributed by atoms with E-state index >= 15 is 0 Å². The van der Waals surface area contributed by atoms with E-state index in [0.717, 1.165) is 6.42 Å². The molecule has 0 amide bonds. The molecule has 90 valence electrons. The maximum absolute atomic E-state index is 12.5. The van der Waals surface area contributed by atoms with Crippen molar-refractivity contribution in [3.8, 4) is 0 Å². The number of rotatable bonds is 4. The highest BCUT2D eigenvalue weighted by Gasteiger charge is 2.40. The first-order valence-electron chi connectivity index (χ1n) is 6.11. The molecule has 0 radical (unpaired) electrons. The first kappa shape index (κ1) is 14.7. The Morgan fingerprint density at radius 2 is 1.47 bits per heavy atom. The maximum Gasteiger partial charge on any atom is 0.142 e. The van der Waals surface area contributed by atoms with Crippen molar-refractivity contribution in [3.63, 3.8) is 0 Å². The molecule has 0 fully saturated rings. The van der Waals surface area contributed by atoms with Gasteiger partial charge in [-0.1, -0.05) is 55.4 Å². The second-order valence-corrected chi connectivity index (χ2v) is 6.38. The fraction of sp³-hybridized carbons (Fsp3) is 0.929. The van der Waals surface area contributed by atoms with Crippen LogP contribution in [-0.2, 0) is 4.79 Å². The van der Waals surface area contributed by atoms with Crippen LogP contribution in [0.25, 0.3) is 0 Å². The summed E-state index contributed by atoms with van der Waals surface area (Å²) in [6, 6.07) is 0. The third-order valence-electron chi connectivity index (χ3n) is 4.26. The van der Waals surface area contributed by atoms with Gasteiger partial charge in [0.2, 0.25) is 0 Å². The van der Waals surface area contributed by atoms with E-state index in [0.29, 0.717) is 11.7 Å². The Bertz CT molecular complexity index is 222. The van der Waals surface area contributed by atoms with Crippen molar-refractivity contribution in [2.45, 2.75) is 61.8 Å². The smallest absolute Gasteiger partial charge is 0.142 e. The zero-order valence-corrected chi connectivity index (χ0v) is 11.8. The zero-order chi connectivity index (χ0) is 12.4. The first-order valence-corrected chi connectivity index (χ1v) is 6.11. The molecule has 0 aliphatic carbocycles. The van der Waals surface area contributed by atoms with Crippen LogP contribution < -0.4 is 0 Å². The van der Waals surface area contributed by atoms with E-state index in [9.17, 15) is 4.79 Å². The fourth-order valence-corrected chi connectivity index (χ4v) is 1.75. The van der Waals surface area contributed by atoms with Crippen LogP contribution in [0.1, 0.15) is 61.8 Å². The molecule has 0 saturated heterocycles. The van der Waals surface area contributed by atoms with Crippen molar-refractivity contribution in [1.29, 1.82) is 0 Å². The first-order chi connectivity index (χ1) is 6.57. The molecule has 2 atom stereocenters. The average molecular weight is 212 g/mol. The van der Waals surface area contributed by atoms with Gasteiger partial charge in [0.1, 0.15) is 5.78 Å². The van der Waals surface area contributed by atoms with E-state index in [4.69, 9.17) is 0 Å². The minimum absolute atomic E-state index is 0.0718. The predicted octanol–water partition coefficient (Wildman–Crippen LogP) is 4.31. The summed E-state index contributed by atoms with van der Waals surface area (Å²) in [5.41, 5.74) is -0.0882. The molecule has 0 heterocycles. The number of hydrogen-bond donors (Lipinski definition) is 0.